The number of hydrogen-bond donors (Lipinski definition) is 2. The molecule has 0 saturated carbocycles. The molecule has 2 rings (SSSR count). The van der Waals surface area contributed by atoms with Crippen LogP contribution in [-0.2, 0) is 10.0 Å². The van der Waals surface area contributed by atoms with E-state index in [1.807, 2.05) is 6.92 Å². The van der Waals surface area contributed by atoms with Crippen LogP contribution in [0, 0.1) is 0 Å². The topological polar surface area (TPSA) is 96.9 Å². The average Bonchev–Trinajstić information content (AvgIpc) is 2.46. The zero-order valence-corrected chi connectivity index (χ0v) is 11.8. The maximum Gasteiger partial charge on any atom is 0.262 e. The molecule has 2 aromatic rings. The molecular weight excluding hydrogens is 278 g/mol. The molecule has 106 valence electrons. The highest BCUT2D eigenvalue weighted by molar-refractivity contribution is 7.92. The van der Waals surface area contributed by atoms with Gasteiger partial charge < -0.3 is 5.32 Å². The van der Waals surface area contributed by atoms with Gasteiger partial charge in [-0.3, -0.25) is 4.72 Å². The second-order valence-electron chi connectivity index (χ2n) is 4.04. The van der Waals surface area contributed by atoms with E-state index in [4.69, 9.17) is 0 Å². The Morgan fingerprint density at radius 1 is 1.25 bits per heavy atom. The minimum atomic E-state index is -3.67. The largest absolute Gasteiger partial charge is 0.370 e. The molecule has 8 heteroatoms. The summed E-state index contributed by atoms with van der Waals surface area (Å²) < 4.78 is 26.8. The van der Waals surface area contributed by atoms with Gasteiger partial charge in [0.25, 0.3) is 10.0 Å². The van der Waals surface area contributed by atoms with Crippen molar-refractivity contribution < 1.29 is 8.42 Å². The summed E-state index contributed by atoms with van der Waals surface area (Å²) in [6, 6.07) is 2.92. The summed E-state index contributed by atoms with van der Waals surface area (Å²) in [5, 5.41) is 3.04. The van der Waals surface area contributed by atoms with E-state index in [0.29, 0.717) is 11.5 Å². The monoisotopic (exact) mass is 293 g/mol. The van der Waals surface area contributed by atoms with E-state index in [-0.39, 0.29) is 4.90 Å². The summed E-state index contributed by atoms with van der Waals surface area (Å²) in [5.74, 6) is 0.527. The van der Waals surface area contributed by atoms with Crippen LogP contribution in [0.25, 0.3) is 0 Å². The summed E-state index contributed by atoms with van der Waals surface area (Å²) in [6.45, 7) is 2.75. The smallest absolute Gasteiger partial charge is 0.262 e. The zero-order chi connectivity index (χ0) is 14.4. The summed E-state index contributed by atoms with van der Waals surface area (Å²) in [4.78, 5) is 11.7. The molecule has 0 unspecified atom stereocenters. The highest BCUT2D eigenvalue weighted by Gasteiger charge is 2.15. The Balaban J connectivity index is 2.21. The number of anilines is 2. The Labute approximate surface area is 117 Å². The van der Waals surface area contributed by atoms with Gasteiger partial charge in [-0.2, -0.15) is 0 Å². The van der Waals surface area contributed by atoms with E-state index < -0.39 is 10.0 Å². The van der Waals surface area contributed by atoms with E-state index in [0.717, 1.165) is 13.0 Å². The molecule has 2 heterocycles. The minimum Gasteiger partial charge on any atom is -0.370 e. The Morgan fingerprint density at radius 2 is 2.00 bits per heavy atom. The molecule has 0 aliphatic rings. The number of hydrogen-bond acceptors (Lipinski definition) is 6. The van der Waals surface area contributed by atoms with Gasteiger partial charge in [-0.15, -0.1) is 0 Å². The first kappa shape index (κ1) is 14.2. The molecule has 0 aliphatic heterocycles. The van der Waals surface area contributed by atoms with Gasteiger partial charge in [-0.05, 0) is 12.5 Å². The highest BCUT2D eigenvalue weighted by Crippen LogP contribution is 2.16. The van der Waals surface area contributed by atoms with Crippen LogP contribution in [0.1, 0.15) is 13.3 Å². The second kappa shape index (κ2) is 6.29. The molecule has 0 aromatic carbocycles. The fraction of sp³-hybridized carbons (Fsp3) is 0.250. The highest BCUT2D eigenvalue weighted by atomic mass is 32.2. The van der Waals surface area contributed by atoms with Gasteiger partial charge in [-0.25, -0.2) is 23.4 Å². The van der Waals surface area contributed by atoms with Crippen molar-refractivity contribution >= 4 is 21.5 Å². The van der Waals surface area contributed by atoms with E-state index in [1.165, 1.54) is 37.1 Å². The van der Waals surface area contributed by atoms with Crippen molar-refractivity contribution in [1.29, 1.82) is 0 Å². The predicted molar refractivity (Wildman–Crippen MR) is 75.9 cm³/mol. The number of aromatic nitrogens is 3. The molecule has 0 radical (unpaired) electrons. The maximum absolute atomic E-state index is 12.2. The van der Waals surface area contributed by atoms with Crippen molar-refractivity contribution in [3.8, 4) is 0 Å². The first-order valence-corrected chi connectivity index (χ1v) is 7.58. The Morgan fingerprint density at radius 3 is 2.70 bits per heavy atom. The standard InChI is InChI=1S/C12H15N5O2S/c1-2-4-15-12-6-11(3-5-16-12)20(18,19)17-10-7-13-9-14-8-10/h3,5-9,17H,2,4H2,1H3,(H,15,16). The first-order chi connectivity index (χ1) is 9.62. The minimum absolute atomic E-state index is 0.134. The number of nitrogens with zero attached hydrogens (tertiary/aromatic N) is 3. The molecule has 0 atom stereocenters. The van der Waals surface area contributed by atoms with Crippen LogP contribution in [-0.4, -0.2) is 29.9 Å². The zero-order valence-electron chi connectivity index (χ0n) is 10.9. The van der Waals surface area contributed by atoms with E-state index >= 15 is 0 Å². The Bertz CT molecular complexity index is 661. The molecule has 2 N–H and O–H groups in total. The fourth-order valence-electron chi connectivity index (χ4n) is 1.49. The summed E-state index contributed by atoms with van der Waals surface area (Å²) in [5.41, 5.74) is 0.312. The predicted octanol–water partition coefficient (Wildman–Crippen LogP) is 1.49. The molecule has 0 aliphatic carbocycles. The molecular formula is C12H15N5O2S. The van der Waals surface area contributed by atoms with E-state index in [2.05, 4.69) is 25.0 Å². The third-order valence-corrected chi connectivity index (χ3v) is 3.79. The maximum atomic E-state index is 12.2. The number of sulfonamides is 1. The normalized spacial score (nSPS) is 11.1. The average molecular weight is 293 g/mol. The number of nitrogens with one attached hydrogen (secondary N) is 2. The lowest BCUT2D eigenvalue weighted by molar-refractivity contribution is 0.601. The van der Waals surface area contributed by atoms with Crippen LogP contribution in [0.15, 0.2) is 41.9 Å². The first-order valence-electron chi connectivity index (χ1n) is 6.09. The van der Waals surface area contributed by atoms with Crippen molar-refractivity contribution in [2.75, 3.05) is 16.6 Å². The van der Waals surface area contributed by atoms with Gasteiger partial charge in [0.1, 0.15) is 12.1 Å². The number of pyridine rings is 1. The van der Waals surface area contributed by atoms with Gasteiger partial charge in [0.05, 0.1) is 23.0 Å². The van der Waals surface area contributed by atoms with Crippen LogP contribution in [0.4, 0.5) is 11.5 Å². The SMILES string of the molecule is CCCNc1cc(S(=O)(=O)Nc2cncnc2)ccn1. The quantitative estimate of drug-likeness (QED) is 0.837. The molecule has 0 saturated heterocycles. The molecule has 7 nitrogen and oxygen atoms in total. The van der Waals surface area contributed by atoms with E-state index in [1.54, 1.807) is 0 Å². The summed E-state index contributed by atoms with van der Waals surface area (Å²) >= 11 is 0. The van der Waals surface area contributed by atoms with Crippen LogP contribution in [0.5, 0.6) is 0 Å². The molecule has 0 spiro atoms. The lowest BCUT2D eigenvalue weighted by atomic mass is 10.4. The van der Waals surface area contributed by atoms with Crippen LogP contribution < -0.4 is 10.0 Å². The van der Waals surface area contributed by atoms with Gasteiger partial charge in [0.2, 0.25) is 0 Å². The lowest BCUT2D eigenvalue weighted by Gasteiger charge is -2.09. The van der Waals surface area contributed by atoms with Gasteiger partial charge >= 0.3 is 0 Å². The molecule has 20 heavy (non-hydrogen) atoms. The molecule has 0 amide bonds. The molecule has 0 bridgehead atoms. The molecule has 0 fully saturated rings. The lowest BCUT2D eigenvalue weighted by Crippen LogP contribution is -2.14. The fourth-order valence-corrected chi connectivity index (χ4v) is 2.53. The number of rotatable bonds is 6. The Kier molecular flexibility index (Phi) is 4.46. The van der Waals surface area contributed by atoms with Crippen molar-refractivity contribution in [3.63, 3.8) is 0 Å². The third-order valence-electron chi connectivity index (χ3n) is 2.41. The van der Waals surface area contributed by atoms with Gasteiger partial charge in [0.15, 0.2) is 0 Å². The molecule has 2 aromatic heterocycles. The van der Waals surface area contributed by atoms with Crippen molar-refractivity contribution in [2.24, 2.45) is 0 Å². The summed E-state index contributed by atoms with van der Waals surface area (Å²) in [7, 11) is -3.67. The van der Waals surface area contributed by atoms with Crippen molar-refractivity contribution in [1.82, 2.24) is 15.0 Å². The second-order valence-corrected chi connectivity index (χ2v) is 5.72. The van der Waals surface area contributed by atoms with Crippen LogP contribution >= 0.6 is 0 Å². The Hall–Kier alpha value is -2.22. The summed E-state index contributed by atoms with van der Waals surface area (Å²) in [6.07, 6.45) is 6.49. The van der Waals surface area contributed by atoms with E-state index in [9.17, 15) is 8.42 Å². The van der Waals surface area contributed by atoms with Gasteiger partial charge in [-0.1, -0.05) is 6.92 Å². The third kappa shape index (κ3) is 3.64. The van der Waals surface area contributed by atoms with Gasteiger partial charge in [0, 0.05) is 18.8 Å². The van der Waals surface area contributed by atoms with Crippen molar-refractivity contribution in [3.05, 3.63) is 37.1 Å². The van der Waals surface area contributed by atoms with Crippen LogP contribution in [0.2, 0.25) is 0 Å². The van der Waals surface area contributed by atoms with Crippen molar-refractivity contribution in [2.45, 2.75) is 18.2 Å². The van der Waals surface area contributed by atoms with Crippen LogP contribution in [0.3, 0.4) is 0 Å².